The molecule has 0 aliphatic carbocycles. The summed E-state index contributed by atoms with van der Waals surface area (Å²) in [4.78, 5) is 31.9. The number of benzene rings is 1. The normalized spacial score (nSPS) is 9.25. The molecule has 0 spiro atoms. The third-order valence-corrected chi connectivity index (χ3v) is 1.64. The highest BCUT2D eigenvalue weighted by Gasteiger charge is 2.17. The van der Waals surface area contributed by atoms with Crippen LogP contribution in [0.2, 0.25) is 0 Å². The van der Waals surface area contributed by atoms with E-state index in [1.54, 1.807) is 30.3 Å². The minimum Gasteiger partial charge on any atom is -0.480 e. The van der Waals surface area contributed by atoms with Crippen LogP contribution in [0.5, 0.6) is 0 Å². The lowest BCUT2D eigenvalue weighted by Crippen LogP contribution is -2.34. The van der Waals surface area contributed by atoms with E-state index in [2.05, 4.69) is 10.6 Å². The molecular formula is C9H9N3O4. The molecule has 1 rings (SSSR count). The number of carbonyl (C=O) groups is 2. The van der Waals surface area contributed by atoms with Gasteiger partial charge in [0.05, 0.1) is 5.29 Å². The summed E-state index contributed by atoms with van der Waals surface area (Å²) in [7, 11) is 0. The van der Waals surface area contributed by atoms with E-state index in [0.29, 0.717) is 5.69 Å². The van der Waals surface area contributed by atoms with Crippen molar-refractivity contribution in [1.29, 1.82) is 0 Å². The Bertz CT molecular complexity index is 393. The molecule has 1 aromatic rings. The minimum absolute atomic E-state index is 0.287. The largest absolute Gasteiger partial charge is 0.480 e. The van der Waals surface area contributed by atoms with E-state index in [1.165, 1.54) is 0 Å². The van der Waals surface area contributed by atoms with Gasteiger partial charge in [0.25, 0.3) is 0 Å². The van der Waals surface area contributed by atoms with Gasteiger partial charge in [-0.15, -0.1) is 4.91 Å². The zero-order valence-corrected chi connectivity index (χ0v) is 8.16. The molecule has 84 valence electrons. The summed E-state index contributed by atoms with van der Waals surface area (Å²) in [5.41, 5.74) is 0.450. The van der Waals surface area contributed by atoms with Crippen LogP contribution in [-0.4, -0.2) is 28.7 Å². The van der Waals surface area contributed by atoms with Crippen molar-refractivity contribution in [2.45, 2.75) is 0 Å². The molecule has 2 amide bonds. The van der Waals surface area contributed by atoms with Crippen LogP contribution in [0.15, 0.2) is 35.6 Å². The summed E-state index contributed by atoms with van der Waals surface area (Å²) in [6, 6.07) is 7.44. The van der Waals surface area contributed by atoms with E-state index in [-0.39, 0.29) is 5.01 Å². The number of urea groups is 1. The number of carboxylic acids is 1. The number of hydrogen-bond donors (Lipinski definition) is 2. The average Bonchev–Trinajstić information content (AvgIpc) is 2.26. The number of nitrogens with one attached hydrogen (secondary N) is 1. The topological polar surface area (TPSA) is 99.1 Å². The van der Waals surface area contributed by atoms with Gasteiger partial charge >= 0.3 is 12.0 Å². The minimum atomic E-state index is -1.32. The first kappa shape index (κ1) is 11.6. The fourth-order valence-corrected chi connectivity index (χ4v) is 0.975. The van der Waals surface area contributed by atoms with Gasteiger partial charge in [-0.05, 0) is 12.1 Å². The Labute approximate surface area is 90.6 Å². The highest BCUT2D eigenvalue weighted by atomic mass is 16.4. The molecule has 0 bridgehead atoms. The Morgan fingerprint density at radius 2 is 1.94 bits per heavy atom. The highest BCUT2D eigenvalue weighted by Crippen LogP contribution is 2.06. The number of rotatable bonds is 4. The van der Waals surface area contributed by atoms with Crippen molar-refractivity contribution in [3.63, 3.8) is 0 Å². The predicted octanol–water partition coefficient (Wildman–Crippen LogP) is 1.29. The van der Waals surface area contributed by atoms with E-state index >= 15 is 0 Å². The van der Waals surface area contributed by atoms with Crippen LogP contribution in [0.25, 0.3) is 0 Å². The quantitative estimate of drug-likeness (QED) is 0.593. The molecule has 0 atom stereocenters. The molecule has 0 saturated carbocycles. The Hall–Kier alpha value is -2.44. The standard InChI is InChI=1S/C9H9N3O4/c13-8(14)6-12(11-16)9(15)10-7-4-2-1-3-5-7/h1-5H,6H2,(H,10,15)(H,13,14). The van der Waals surface area contributed by atoms with Gasteiger partial charge in [-0.2, -0.15) is 5.01 Å². The van der Waals surface area contributed by atoms with Crippen LogP contribution in [-0.2, 0) is 4.79 Å². The fraction of sp³-hybridized carbons (Fsp3) is 0.111. The van der Waals surface area contributed by atoms with E-state index in [0.717, 1.165) is 0 Å². The number of carbonyl (C=O) groups excluding carboxylic acids is 1. The number of amides is 2. The zero-order chi connectivity index (χ0) is 12.0. The van der Waals surface area contributed by atoms with E-state index in [1.807, 2.05) is 0 Å². The first-order chi connectivity index (χ1) is 7.63. The maximum Gasteiger partial charge on any atom is 0.345 e. The summed E-state index contributed by atoms with van der Waals surface area (Å²) < 4.78 is 0. The number of nitroso groups, excluding NO2 is 1. The van der Waals surface area contributed by atoms with Gasteiger partial charge in [0.15, 0.2) is 0 Å². The molecule has 16 heavy (non-hydrogen) atoms. The predicted molar refractivity (Wildman–Crippen MR) is 55.6 cm³/mol. The van der Waals surface area contributed by atoms with Gasteiger partial charge in [0.2, 0.25) is 0 Å². The molecule has 0 unspecified atom stereocenters. The molecule has 0 aliphatic rings. The summed E-state index contributed by atoms with van der Waals surface area (Å²) in [5, 5.41) is 13.3. The Kier molecular flexibility index (Phi) is 3.96. The second kappa shape index (κ2) is 5.44. The van der Waals surface area contributed by atoms with Gasteiger partial charge in [0, 0.05) is 5.69 Å². The monoisotopic (exact) mass is 223 g/mol. The Morgan fingerprint density at radius 3 is 2.44 bits per heavy atom. The van der Waals surface area contributed by atoms with Gasteiger partial charge in [-0.1, -0.05) is 18.2 Å². The number of carboxylic acid groups (broad SMARTS) is 1. The summed E-state index contributed by atoms with van der Waals surface area (Å²) in [6.45, 7) is -0.776. The molecule has 7 heteroatoms. The smallest absolute Gasteiger partial charge is 0.345 e. The van der Waals surface area contributed by atoms with Crippen LogP contribution in [0.4, 0.5) is 10.5 Å². The third-order valence-electron chi connectivity index (χ3n) is 1.64. The van der Waals surface area contributed by atoms with Gasteiger partial charge in [0.1, 0.15) is 6.54 Å². The van der Waals surface area contributed by atoms with Gasteiger partial charge < -0.3 is 10.4 Å². The molecular weight excluding hydrogens is 214 g/mol. The van der Waals surface area contributed by atoms with Crippen molar-refractivity contribution in [3.8, 4) is 0 Å². The van der Waals surface area contributed by atoms with Crippen LogP contribution in [0.1, 0.15) is 0 Å². The van der Waals surface area contributed by atoms with Crippen molar-refractivity contribution < 1.29 is 14.7 Å². The average molecular weight is 223 g/mol. The van der Waals surface area contributed by atoms with Gasteiger partial charge in [-0.25, -0.2) is 4.79 Å². The van der Waals surface area contributed by atoms with Crippen molar-refractivity contribution in [2.75, 3.05) is 11.9 Å². The number of anilines is 1. The van der Waals surface area contributed by atoms with Crippen LogP contribution < -0.4 is 5.32 Å². The maximum absolute atomic E-state index is 11.3. The molecule has 2 N–H and O–H groups in total. The number of nitrogens with zero attached hydrogens (tertiary/aromatic N) is 2. The van der Waals surface area contributed by atoms with Crippen molar-refractivity contribution in [2.24, 2.45) is 5.29 Å². The number of aliphatic carboxylic acids is 1. The lowest BCUT2D eigenvalue weighted by Gasteiger charge is -2.11. The molecule has 1 aromatic carbocycles. The maximum atomic E-state index is 11.3. The second-order valence-electron chi connectivity index (χ2n) is 2.83. The fourth-order valence-electron chi connectivity index (χ4n) is 0.975. The van der Waals surface area contributed by atoms with E-state index in [9.17, 15) is 14.5 Å². The van der Waals surface area contributed by atoms with E-state index < -0.39 is 18.5 Å². The van der Waals surface area contributed by atoms with Crippen molar-refractivity contribution >= 4 is 17.7 Å². The first-order valence-electron chi connectivity index (χ1n) is 4.32. The molecule has 0 radical (unpaired) electrons. The number of para-hydroxylation sites is 1. The Balaban J connectivity index is 2.63. The third kappa shape index (κ3) is 3.37. The van der Waals surface area contributed by atoms with E-state index in [4.69, 9.17) is 5.11 Å². The zero-order valence-electron chi connectivity index (χ0n) is 8.16. The van der Waals surface area contributed by atoms with Crippen LogP contribution in [0.3, 0.4) is 0 Å². The first-order valence-corrected chi connectivity index (χ1v) is 4.32. The van der Waals surface area contributed by atoms with Gasteiger partial charge in [-0.3, -0.25) is 4.79 Å². The molecule has 0 heterocycles. The molecule has 7 nitrogen and oxygen atoms in total. The summed E-state index contributed by atoms with van der Waals surface area (Å²) in [6.07, 6.45) is 0. The number of hydrogen-bond acceptors (Lipinski definition) is 4. The molecule has 0 saturated heterocycles. The lowest BCUT2D eigenvalue weighted by atomic mass is 10.3. The summed E-state index contributed by atoms with van der Waals surface area (Å²) >= 11 is 0. The Morgan fingerprint density at radius 1 is 1.31 bits per heavy atom. The van der Waals surface area contributed by atoms with Crippen LogP contribution >= 0.6 is 0 Å². The molecule has 0 fully saturated rings. The second-order valence-corrected chi connectivity index (χ2v) is 2.83. The lowest BCUT2D eigenvalue weighted by molar-refractivity contribution is -0.137. The van der Waals surface area contributed by atoms with Crippen molar-refractivity contribution in [1.82, 2.24) is 5.01 Å². The van der Waals surface area contributed by atoms with Crippen molar-refractivity contribution in [3.05, 3.63) is 35.2 Å². The molecule has 0 aromatic heterocycles. The SMILES string of the molecule is O=NN(CC(=O)O)C(=O)Nc1ccccc1. The summed E-state index contributed by atoms with van der Waals surface area (Å²) in [5.74, 6) is -1.32. The highest BCUT2D eigenvalue weighted by molar-refractivity contribution is 5.90. The van der Waals surface area contributed by atoms with Crippen LogP contribution in [0, 0.1) is 4.91 Å². The molecule has 0 aliphatic heterocycles.